The minimum absolute atomic E-state index is 0.241. The Balaban J connectivity index is 2.03. The van der Waals surface area contributed by atoms with Crippen molar-refractivity contribution in [1.82, 2.24) is 0 Å². The molecule has 0 spiro atoms. The smallest absolute Gasteiger partial charge is 0.262 e. The van der Waals surface area contributed by atoms with Crippen LogP contribution in [0.1, 0.15) is 25.0 Å². The van der Waals surface area contributed by atoms with E-state index in [9.17, 15) is 8.42 Å². The molecule has 0 amide bonds. The molecule has 1 N–H and O–H groups in total. The molecule has 1 aliphatic rings. The van der Waals surface area contributed by atoms with Crippen LogP contribution in [-0.2, 0) is 14.8 Å². The number of aryl methyl sites for hydroxylation is 2. The summed E-state index contributed by atoms with van der Waals surface area (Å²) in [5.74, 6) is 1.08. The highest BCUT2D eigenvalue weighted by Crippen LogP contribution is 2.40. The van der Waals surface area contributed by atoms with Gasteiger partial charge in [0, 0.05) is 25.2 Å². The molecule has 1 aliphatic heterocycles. The quantitative estimate of drug-likeness (QED) is 0.682. The summed E-state index contributed by atoms with van der Waals surface area (Å²) < 4.78 is 46.0. The van der Waals surface area contributed by atoms with E-state index >= 15 is 0 Å². The molecule has 7 nitrogen and oxygen atoms in total. The molecule has 1 saturated heterocycles. The van der Waals surface area contributed by atoms with Crippen LogP contribution in [0.25, 0.3) is 0 Å². The van der Waals surface area contributed by atoms with Crippen molar-refractivity contribution in [2.45, 2.75) is 32.6 Å². The second-order valence-electron chi connectivity index (χ2n) is 7.16. The second kappa shape index (κ2) is 9.57. The first-order chi connectivity index (χ1) is 14.4. The lowest BCUT2D eigenvalue weighted by molar-refractivity contribution is 0.122. The average Bonchev–Trinajstić information content (AvgIpc) is 2.70. The molecule has 30 heavy (non-hydrogen) atoms. The zero-order valence-corrected chi connectivity index (χ0v) is 18.8. The molecule has 1 heterocycles. The fourth-order valence-corrected chi connectivity index (χ4v) is 4.82. The number of benzene rings is 2. The van der Waals surface area contributed by atoms with Crippen molar-refractivity contribution >= 4 is 21.4 Å². The van der Waals surface area contributed by atoms with Crippen LogP contribution in [0.2, 0.25) is 0 Å². The number of anilines is 2. The second-order valence-corrected chi connectivity index (χ2v) is 8.81. The van der Waals surface area contributed by atoms with Crippen molar-refractivity contribution in [3.8, 4) is 11.5 Å². The van der Waals surface area contributed by atoms with Crippen LogP contribution in [0, 0.1) is 13.8 Å². The maximum absolute atomic E-state index is 13.1. The first-order valence-electron chi connectivity index (χ1n) is 10.2. The van der Waals surface area contributed by atoms with Crippen molar-refractivity contribution in [3.63, 3.8) is 0 Å². The van der Waals surface area contributed by atoms with Gasteiger partial charge in [0.2, 0.25) is 0 Å². The minimum atomic E-state index is -3.79. The number of hydrogen-bond acceptors (Lipinski definition) is 6. The van der Waals surface area contributed by atoms with Crippen LogP contribution in [0.15, 0.2) is 35.2 Å². The van der Waals surface area contributed by atoms with Gasteiger partial charge in [-0.05, 0) is 39.3 Å². The predicted molar refractivity (Wildman–Crippen MR) is 119 cm³/mol. The summed E-state index contributed by atoms with van der Waals surface area (Å²) >= 11 is 0. The van der Waals surface area contributed by atoms with Crippen LogP contribution >= 0.6 is 0 Å². The Morgan fingerprint density at radius 2 is 1.67 bits per heavy atom. The van der Waals surface area contributed by atoms with Gasteiger partial charge in [0.1, 0.15) is 11.5 Å². The Kier molecular flexibility index (Phi) is 7.10. The summed E-state index contributed by atoms with van der Waals surface area (Å²) in [7, 11) is -3.79. The Morgan fingerprint density at radius 3 is 2.30 bits per heavy atom. The maximum atomic E-state index is 13.1. The van der Waals surface area contributed by atoms with Crippen molar-refractivity contribution in [3.05, 3.63) is 41.5 Å². The van der Waals surface area contributed by atoms with Crippen LogP contribution in [-0.4, -0.2) is 47.9 Å². The highest BCUT2D eigenvalue weighted by molar-refractivity contribution is 7.92. The molecule has 0 unspecified atom stereocenters. The number of sulfonamides is 1. The molecule has 164 valence electrons. The highest BCUT2D eigenvalue weighted by Gasteiger charge is 2.23. The number of ether oxygens (including phenoxy) is 3. The van der Waals surface area contributed by atoms with Gasteiger partial charge in [-0.1, -0.05) is 17.7 Å². The number of hydrogen-bond donors (Lipinski definition) is 1. The van der Waals surface area contributed by atoms with Crippen molar-refractivity contribution in [1.29, 1.82) is 0 Å². The molecule has 0 atom stereocenters. The largest absolute Gasteiger partial charge is 0.492 e. The third-order valence-corrected chi connectivity index (χ3v) is 6.40. The van der Waals surface area contributed by atoms with Crippen molar-refractivity contribution in [2.24, 2.45) is 0 Å². The average molecular weight is 435 g/mol. The molecule has 1 fully saturated rings. The van der Waals surface area contributed by atoms with E-state index in [1.165, 1.54) is 0 Å². The van der Waals surface area contributed by atoms with E-state index in [-0.39, 0.29) is 4.90 Å². The van der Waals surface area contributed by atoms with Crippen LogP contribution < -0.4 is 19.1 Å². The van der Waals surface area contributed by atoms with Gasteiger partial charge in [-0.15, -0.1) is 0 Å². The third kappa shape index (κ3) is 4.99. The fraction of sp³-hybridized carbons (Fsp3) is 0.455. The number of morpholine rings is 1. The number of nitrogens with one attached hydrogen (secondary N) is 1. The maximum Gasteiger partial charge on any atom is 0.262 e. The lowest BCUT2D eigenvalue weighted by Gasteiger charge is -2.31. The Morgan fingerprint density at radius 1 is 1.00 bits per heavy atom. The minimum Gasteiger partial charge on any atom is -0.492 e. The van der Waals surface area contributed by atoms with E-state index in [0.29, 0.717) is 49.2 Å². The van der Waals surface area contributed by atoms with Crippen LogP contribution in [0.3, 0.4) is 0 Å². The molecule has 0 saturated carbocycles. The fourth-order valence-electron chi connectivity index (χ4n) is 3.53. The van der Waals surface area contributed by atoms with Crippen molar-refractivity contribution in [2.75, 3.05) is 49.1 Å². The van der Waals surface area contributed by atoms with E-state index < -0.39 is 10.0 Å². The lowest BCUT2D eigenvalue weighted by Crippen LogP contribution is -2.36. The molecule has 2 aromatic rings. The summed E-state index contributed by atoms with van der Waals surface area (Å²) in [5.41, 5.74) is 2.93. The molecule has 8 heteroatoms. The van der Waals surface area contributed by atoms with Gasteiger partial charge in [0.05, 0.1) is 42.7 Å². The molecular formula is C22H30N2O5S. The van der Waals surface area contributed by atoms with Gasteiger partial charge in [0.25, 0.3) is 10.0 Å². The van der Waals surface area contributed by atoms with Crippen molar-refractivity contribution < 1.29 is 22.6 Å². The van der Waals surface area contributed by atoms with Crippen LogP contribution in [0.5, 0.6) is 11.5 Å². The van der Waals surface area contributed by atoms with E-state index in [1.807, 2.05) is 32.9 Å². The standard InChI is InChI=1S/C22H30N2O5S/c1-5-28-20-15-19(24-9-11-27-12-10-24)21(29-6-2)14-18(20)23-30(25,26)22-8-7-16(3)13-17(22)4/h7-8,13-15,23H,5-6,9-12H2,1-4H3. The summed E-state index contributed by atoms with van der Waals surface area (Å²) in [4.78, 5) is 2.41. The summed E-state index contributed by atoms with van der Waals surface area (Å²) in [5, 5.41) is 0. The molecular weight excluding hydrogens is 404 g/mol. The molecule has 0 bridgehead atoms. The highest BCUT2D eigenvalue weighted by atomic mass is 32.2. The van der Waals surface area contributed by atoms with Gasteiger partial charge < -0.3 is 19.1 Å². The van der Waals surface area contributed by atoms with Gasteiger partial charge in [-0.3, -0.25) is 4.72 Å². The SMILES string of the molecule is CCOc1cc(N2CCOCC2)c(OCC)cc1NS(=O)(=O)c1ccc(C)cc1C. The number of nitrogens with zero attached hydrogens (tertiary/aromatic N) is 1. The molecule has 2 aromatic carbocycles. The Bertz CT molecular complexity index is 985. The molecule has 0 radical (unpaired) electrons. The van der Waals surface area contributed by atoms with Gasteiger partial charge >= 0.3 is 0 Å². The van der Waals surface area contributed by atoms with E-state index in [4.69, 9.17) is 14.2 Å². The third-order valence-electron chi connectivity index (χ3n) is 4.88. The van der Waals surface area contributed by atoms with E-state index in [1.54, 1.807) is 25.1 Å². The topological polar surface area (TPSA) is 77.1 Å². The Hall–Kier alpha value is -2.45. The summed E-state index contributed by atoms with van der Waals surface area (Å²) in [6.07, 6.45) is 0. The van der Waals surface area contributed by atoms with Gasteiger partial charge in [0.15, 0.2) is 0 Å². The summed E-state index contributed by atoms with van der Waals surface area (Å²) in [6.45, 7) is 11.1. The zero-order valence-electron chi connectivity index (χ0n) is 18.0. The molecule has 0 aromatic heterocycles. The number of rotatable bonds is 8. The monoisotopic (exact) mass is 434 g/mol. The van der Waals surface area contributed by atoms with Crippen LogP contribution in [0.4, 0.5) is 11.4 Å². The zero-order chi connectivity index (χ0) is 21.7. The molecule has 0 aliphatic carbocycles. The Labute approximate surface area is 179 Å². The van der Waals surface area contributed by atoms with E-state index in [2.05, 4.69) is 9.62 Å². The van der Waals surface area contributed by atoms with Gasteiger partial charge in [-0.25, -0.2) is 8.42 Å². The predicted octanol–water partition coefficient (Wildman–Crippen LogP) is 3.74. The lowest BCUT2D eigenvalue weighted by atomic mass is 10.2. The molecule has 3 rings (SSSR count). The summed E-state index contributed by atoms with van der Waals surface area (Å²) in [6, 6.07) is 8.82. The first kappa shape index (κ1) is 22.2. The van der Waals surface area contributed by atoms with E-state index in [0.717, 1.165) is 24.3 Å². The normalized spacial score (nSPS) is 14.5. The first-order valence-corrected chi connectivity index (χ1v) is 11.7. The van der Waals surface area contributed by atoms with Gasteiger partial charge in [-0.2, -0.15) is 0 Å².